The predicted molar refractivity (Wildman–Crippen MR) is 74.9 cm³/mol. The second kappa shape index (κ2) is 4.73. The van der Waals surface area contributed by atoms with Crippen molar-refractivity contribution < 1.29 is 13.7 Å². The number of hydrogen-bond donors (Lipinski definition) is 1. The average Bonchev–Trinajstić information content (AvgIpc) is 2.35. The van der Waals surface area contributed by atoms with Crippen LogP contribution in [0.1, 0.15) is 32.3 Å². The molecule has 1 saturated heterocycles. The molecule has 1 aromatic rings. The lowest BCUT2D eigenvalue weighted by Crippen LogP contribution is -2.55. The Morgan fingerprint density at radius 2 is 2.05 bits per heavy atom. The van der Waals surface area contributed by atoms with Gasteiger partial charge in [0.05, 0.1) is 10.5 Å². The van der Waals surface area contributed by atoms with Gasteiger partial charge < -0.3 is 5.32 Å². The fraction of sp³-hybridized carbons (Fsp3) is 0.462. The van der Waals surface area contributed by atoms with Crippen molar-refractivity contribution >= 4 is 22.9 Å². The minimum absolute atomic E-state index is 0.00263. The van der Waals surface area contributed by atoms with E-state index in [0.29, 0.717) is 0 Å². The number of benzene rings is 1. The van der Waals surface area contributed by atoms with E-state index in [4.69, 9.17) is 12.2 Å². The Morgan fingerprint density at radius 3 is 2.60 bits per heavy atom. The smallest absolute Gasteiger partial charge is 0.269 e. The summed E-state index contributed by atoms with van der Waals surface area (Å²) in [7, 11) is 0. The maximum atomic E-state index is 14.0. The Balaban J connectivity index is 2.43. The van der Waals surface area contributed by atoms with Gasteiger partial charge in [-0.25, -0.2) is 8.78 Å². The molecule has 1 aliphatic rings. The number of nitrogens with zero attached hydrogens (tertiary/aromatic N) is 1. The molecule has 1 aromatic carbocycles. The Labute approximate surface area is 120 Å². The number of alkyl halides is 1. The second-order valence-electron chi connectivity index (χ2n) is 5.40. The van der Waals surface area contributed by atoms with E-state index >= 15 is 0 Å². The molecule has 0 aromatic heterocycles. The van der Waals surface area contributed by atoms with Gasteiger partial charge in [-0.1, -0.05) is 12.2 Å². The van der Waals surface area contributed by atoms with E-state index in [1.807, 2.05) is 0 Å². The molecule has 0 aliphatic carbocycles. The lowest BCUT2D eigenvalue weighted by molar-refractivity contribution is -0.385. The topological polar surface area (TPSA) is 55.2 Å². The molecule has 1 aliphatic heterocycles. The maximum Gasteiger partial charge on any atom is 0.269 e. The van der Waals surface area contributed by atoms with Crippen molar-refractivity contribution in [2.75, 3.05) is 0 Å². The molecule has 2 rings (SSSR count). The zero-order chi connectivity index (χ0) is 15.1. The van der Waals surface area contributed by atoms with Crippen molar-refractivity contribution in [1.29, 1.82) is 0 Å². The van der Waals surface area contributed by atoms with Crippen LogP contribution < -0.4 is 5.32 Å². The summed E-state index contributed by atoms with van der Waals surface area (Å²) in [6.07, 6.45) is 0.426. The fourth-order valence-corrected chi connectivity index (χ4v) is 2.62. The van der Waals surface area contributed by atoms with Crippen LogP contribution in [0.4, 0.5) is 14.5 Å². The highest BCUT2D eigenvalue weighted by Crippen LogP contribution is 2.38. The van der Waals surface area contributed by atoms with Gasteiger partial charge in [0.1, 0.15) is 10.8 Å². The molecule has 0 unspecified atom stereocenters. The normalized spacial score (nSPS) is 29.9. The molecular weight excluding hydrogens is 286 g/mol. The highest BCUT2D eigenvalue weighted by molar-refractivity contribution is 7.80. The number of nitro benzene ring substituents is 1. The van der Waals surface area contributed by atoms with Gasteiger partial charge in [-0.2, -0.15) is 0 Å². The molecule has 1 heterocycles. The monoisotopic (exact) mass is 300 g/mol. The van der Waals surface area contributed by atoms with Crippen LogP contribution >= 0.6 is 12.2 Å². The highest BCUT2D eigenvalue weighted by atomic mass is 32.1. The summed E-state index contributed by atoms with van der Waals surface area (Å²) in [6.45, 7) is 3.03. The first-order chi connectivity index (χ1) is 9.16. The van der Waals surface area contributed by atoms with Gasteiger partial charge >= 0.3 is 0 Å². The van der Waals surface area contributed by atoms with E-state index in [2.05, 4.69) is 5.32 Å². The molecule has 20 heavy (non-hydrogen) atoms. The van der Waals surface area contributed by atoms with Gasteiger partial charge in [0.2, 0.25) is 0 Å². The van der Waals surface area contributed by atoms with Crippen LogP contribution in [0.5, 0.6) is 0 Å². The van der Waals surface area contributed by atoms with E-state index in [9.17, 15) is 18.9 Å². The van der Waals surface area contributed by atoms with Crippen molar-refractivity contribution in [2.24, 2.45) is 0 Å². The molecule has 7 heteroatoms. The maximum absolute atomic E-state index is 14.0. The minimum Gasteiger partial charge on any atom is -0.368 e. The Hall–Kier alpha value is -1.63. The summed E-state index contributed by atoms with van der Waals surface area (Å²) in [6, 6.07) is 3.32. The molecule has 0 bridgehead atoms. The predicted octanol–water partition coefficient (Wildman–Crippen LogP) is 3.39. The quantitative estimate of drug-likeness (QED) is 0.517. The number of thiocarbonyl (C=S) groups is 1. The molecule has 0 radical (unpaired) electrons. The summed E-state index contributed by atoms with van der Waals surface area (Å²) >= 11 is 4.98. The Morgan fingerprint density at radius 1 is 1.40 bits per heavy atom. The van der Waals surface area contributed by atoms with Gasteiger partial charge in [0.15, 0.2) is 5.67 Å². The Bertz CT molecular complexity index is 592. The first kappa shape index (κ1) is 14.8. The molecule has 0 amide bonds. The molecule has 0 saturated carbocycles. The summed E-state index contributed by atoms with van der Waals surface area (Å²) in [4.78, 5) is 10.2. The van der Waals surface area contributed by atoms with Crippen LogP contribution in [0.3, 0.4) is 0 Å². The van der Waals surface area contributed by atoms with Crippen LogP contribution in [0, 0.1) is 15.9 Å². The second-order valence-corrected chi connectivity index (χ2v) is 5.81. The van der Waals surface area contributed by atoms with Crippen molar-refractivity contribution in [2.45, 2.75) is 37.9 Å². The van der Waals surface area contributed by atoms with Crippen molar-refractivity contribution in [3.8, 4) is 0 Å². The number of rotatable bonds is 2. The first-order valence-corrected chi connectivity index (χ1v) is 6.52. The molecular formula is C13H14F2N2O2S. The van der Waals surface area contributed by atoms with Gasteiger partial charge in [-0.15, -0.1) is 0 Å². The van der Waals surface area contributed by atoms with E-state index in [1.165, 1.54) is 13.0 Å². The largest absolute Gasteiger partial charge is 0.368 e. The number of piperidine rings is 1. The lowest BCUT2D eigenvalue weighted by atomic mass is 9.79. The zero-order valence-corrected chi connectivity index (χ0v) is 11.9. The summed E-state index contributed by atoms with van der Waals surface area (Å²) in [5.74, 6) is -0.573. The standard InChI is InChI=1S/C13H14F2N2O2S/c1-12(15)5-6-13(2,16-11(12)20)9-7-8(17(18)19)3-4-10(9)14/h3-4,7H,5-6H2,1-2H3,(H,16,20)/t12-,13-/m0/s1. The SMILES string of the molecule is C[C@]1(F)CC[C@@](C)(c2cc([N+](=O)[O-])ccc2F)NC1=S. The third kappa shape index (κ3) is 2.49. The number of non-ortho nitro benzene ring substituents is 1. The number of halogens is 2. The van der Waals surface area contributed by atoms with Crippen LogP contribution in [0.15, 0.2) is 18.2 Å². The van der Waals surface area contributed by atoms with Crippen LogP contribution in [0.25, 0.3) is 0 Å². The lowest BCUT2D eigenvalue weighted by Gasteiger charge is -2.41. The van der Waals surface area contributed by atoms with E-state index in [0.717, 1.165) is 12.1 Å². The molecule has 1 N–H and O–H groups in total. The van der Waals surface area contributed by atoms with Gasteiger partial charge in [0, 0.05) is 17.7 Å². The van der Waals surface area contributed by atoms with Crippen molar-refractivity contribution in [3.63, 3.8) is 0 Å². The van der Waals surface area contributed by atoms with Crippen LogP contribution in [-0.4, -0.2) is 15.6 Å². The fourth-order valence-electron chi connectivity index (χ4n) is 2.29. The number of nitrogens with one attached hydrogen (secondary N) is 1. The first-order valence-electron chi connectivity index (χ1n) is 6.12. The molecule has 4 nitrogen and oxygen atoms in total. The van der Waals surface area contributed by atoms with Gasteiger partial charge in [-0.3, -0.25) is 10.1 Å². The van der Waals surface area contributed by atoms with E-state index in [1.54, 1.807) is 6.92 Å². The number of hydrogen-bond acceptors (Lipinski definition) is 3. The molecule has 2 atom stereocenters. The van der Waals surface area contributed by atoms with E-state index < -0.39 is 21.9 Å². The summed E-state index contributed by atoms with van der Waals surface area (Å²) in [5.41, 5.74) is -2.65. The zero-order valence-electron chi connectivity index (χ0n) is 11.1. The van der Waals surface area contributed by atoms with E-state index in [-0.39, 0.29) is 29.1 Å². The van der Waals surface area contributed by atoms with Gasteiger partial charge in [-0.05, 0) is 32.8 Å². The van der Waals surface area contributed by atoms with Crippen LogP contribution in [0.2, 0.25) is 0 Å². The average molecular weight is 300 g/mol. The molecule has 108 valence electrons. The minimum atomic E-state index is -1.63. The van der Waals surface area contributed by atoms with Gasteiger partial charge in [0.25, 0.3) is 5.69 Å². The number of nitro groups is 1. The van der Waals surface area contributed by atoms with Crippen molar-refractivity contribution in [1.82, 2.24) is 5.32 Å². The highest BCUT2D eigenvalue weighted by Gasteiger charge is 2.43. The van der Waals surface area contributed by atoms with Crippen LogP contribution in [-0.2, 0) is 5.54 Å². The van der Waals surface area contributed by atoms with Crippen molar-refractivity contribution in [3.05, 3.63) is 39.7 Å². The molecule has 0 spiro atoms. The third-order valence-corrected chi connectivity index (χ3v) is 4.24. The summed E-state index contributed by atoms with van der Waals surface area (Å²) in [5, 5.41) is 13.6. The Kier molecular flexibility index (Phi) is 3.49. The molecule has 1 fully saturated rings. The third-order valence-electron chi connectivity index (χ3n) is 3.71. The summed E-state index contributed by atoms with van der Waals surface area (Å²) < 4.78 is 28.0.